The number of hydrogen-bond acceptors (Lipinski definition) is 3. The van der Waals surface area contributed by atoms with Crippen LogP contribution in [0.4, 0.5) is 13.2 Å². The van der Waals surface area contributed by atoms with Crippen LogP contribution in [0.15, 0.2) is 46.1 Å². The molecule has 0 aliphatic heterocycles. The number of aromatic amines is 2. The van der Waals surface area contributed by atoms with E-state index < -0.39 is 24.0 Å². The number of rotatable bonds is 3. The van der Waals surface area contributed by atoms with Gasteiger partial charge in [0.1, 0.15) is 11.4 Å². The lowest BCUT2D eigenvalue weighted by atomic mass is 10.3. The fraction of sp³-hybridized carbons (Fsp3) is 0.143. The molecule has 0 atom stereocenters. The molecule has 6 nitrogen and oxygen atoms in total. The minimum Gasteiger partial charge on any atom is -0.484 e. The first kappa shape index (κ1) is 14.9. The number of aromatic nitrogens is 3. The average Bonchev–Trinajstić information content (AvgIpc) is 2.94. The molecule has 2 N–H and O–H groups in total. The van der Waals surface area contributed by atoms with Crippen molar-refractivity contribution >= 4 is 11.0 Å². The van der Waals surface area contributed by atoms with Gasteiger partial charge in [0.05, 0.1) is 11.1 Å². The maximum absolute atomic E-state index is 12.3. The first-order valence-electron chi connectivity index (χ1n) is 6.47. The molecule has 0 aliphatic rings. The van der Waals surface area contributed by atoms with E-state index in [0.29, 0.717) is 11.0 Å². The predicted octanol–water partition coefficient (Wildman–Crippen LogP) is 1.95. The Morgan fingerprint density at radius 2 is 1.78 bits per heavy atom. The number of hydrogen-bond donors (Lipinski definition) is 2. The van der Waals surface area contributed by atoms with Gasteiger partial charge in [-0.3, -0.25) is 9.78 Å². The Hall–Kier alpha value is -2.97. The van der Waals surface area contributed by atoms with Gasteiger partial charge in [-0.15, -0.1) is 0 Å². The minimum absolute atomic E-state index is 0.0155. The van der Waals surface area contributed by atoms with Crippen molar-refractivity contribution in [3.05, 3.63) is 57.4 Å². The fourth-order valence-electron chi connectivity index (χ4n) is 2.12. The van der Waals surface area contributed by atoms with E-state index in [-0.39, 0.29) is 11.4 Å². The highest BCUT2D eigenvalue weighted by atomic mass is 19.4. The molecule has 0 unspecified atom stereocenters. The Kier molecular flexibility index (Phi) is 3.47. The summed E-state index contributed by atoms with van der Waals surface area (Å²) in [5.41, 5.74) is -0.664. The van der Waals surface area contributed by atoms with Crippen LogP contribution >= 0.6 is 0 Å². The fourth-order valence-corrected chi connectivity index (χ4v) is 2.12. The van der Waals surface area contributed by atoms with Crippen LogP contribution < -0.4 is 16.0 Å². The van der Waals surface area contributed by atoms with Crippen LogP contribution in [0.3, 0.4) is 0 Å². The van der Waals surface area contributed by atoms with Crippen LogP contribution in [0.2, 0.25) is 0 Å². The number of ether oxygens (including phenoxy) is 1. The van der Waals surface area contributed by atoms with Gasteiger partial charge in [0, 0.05) is 6.20 Å². The third-order valence-corrected chi connectivity index (χ3v) is 3.11. The number of nitrogens with zero attached hydrogens (tertiary/aromatic N) is 1. The molecule has 0 saturated carbocycles. The predicted molar refractivity (Wildman–Crippen MR) is 76.1 cm³/mol. The summed E-state index contributed by atoms with van der Waals surface area (Å²) in [6.07, 6.45) is -2.92. The lowest BCUT2D eigenvalue weighted by Gasteiger charge is -2.10. The zero-order valence-electron chi connectivity index (χ0n) is 11.5. The second-order valence-electron chi connectivity index (χ2n) is 4.73. The largest absolute Gasteiger partial charge is 0.484 e. The Bertz CT molecular complexity index is 952. The monoisotopic (exact) mass is 325 g/mol. The van der Waals surface area contributed by atoms with E-state index in [4.69, 9.17) is 0 Å². The van der Waals surface area contributed by atoms with Gasteiger partial charge in [-0.25, -0.2) is 9.36 Å². The lowest BCUT2D eigenvalue weighted by Crippen LogP contribution is -2.33. The number of benzene rings is 1. The summed E-state index contributed by atoms with van der Waals surface area (Å²) in [6, 6.07) is 6.70. The summed E-state index contributed by atoms with van der Waals surface area (Å²) in [5, 5.41) is 0.294. The molecule has 0 saturated heterocycles. The molecule has 0 radical (unpaired) electrons. The highest BCUT2D eigenvalue weighted by Gasteiger charge is 2.28. The number of H-pyrrole nitrogens is 2. The SMILES string of the molecule is O=c1[nH]c2[nH]ccc2c(=O)n1-c1ccc(OCC(F)(F)F)cc1. The molecule has 3 rings (SSSR count). The van der Waals surface area contributed by atoms with Crippen LogP contribution in [0.5, 0.6) is 5.75 Å². The van der Waals surface area contributed by atoms with Gasteiger partial charge in [0.25, 0.3) is 5.56 Å². The van der Waals surface area contributed by atoms with Crippen molar-refractivity contribution in [2.45, 2.75) is 6.18 Å². The second kappa shape index (κ2) is 5.34. The van der Waals surface area contributed by atoms with Crippen molar-refractivity contribution < 1.29 is 17.9 Å². The van der Waals surface area contributed by atoms with Crippen molar-refractivity contribution in [2.75, 3.05) is 6.61 Å². The van der Waals surface area contributed by atoms with Gasteiger partial charge in [-0.1, -0.05) is 0 Å². The summed E-state index contributed by atoms with van der Waals surface area (Å²) in [6.45, 7) is -1.41. The Morgan fingerprint density at radius 3 is 2.43 bits per heavy atom. The molecule has 2 aromatic heterocycles. The van der Waals surface area contributed by atoms with Gasteiger partial charge >= 0.3 is 11.9 Å². The highest BCUT2D eigenvalue weighted by Crippen LogP contribution is 2.19. The molecular formula is C14H10F3N3O3. The van der Waals surface area contributed by atoms with E-state index in [9.17, 15) is 22.8 Å². The lowest BCUT2D eigenvalue weighted by molar-refractivity contribution is -0.153. The van der Waals surface area contributed by atoms with E-state index in [2.05, 4.69) is 14.7 Å². The second-order valence-corrected chi connectivity index (χ2v) is 4.73. The van der Waals surface area contributed by atoms with E-state index in [0.717, 1.165) is 4.57 Å². The first-order valence-corrected chi connectivity index (χ1v) is 6.47. The molecule has 9 heteroatoms. The van der Waals surface area contributed by atoms with Gasteiger partial charge in [0.2, 0.25) is 0 Å². The zero-order chi connectivity index (χ0) is 16.6. The summed E-state index contributed by atoms with van der Waals surface area (Å²) < 4.78 is 41.7. The first-order chi connectivity index (χ1) is 10.8. The molecule has 23 heavy (non-hydrogen) atoms. The minimum atomic E-state index is -4.44. The summed E-state index contributed by atoms with van der Waals surface area (Å²) in [5.74, 6) is -0.0155. The normalized spacial score (nSPS) is 11.8. The van der Waals surface area contributed by atoms with E-state index in [1.54, 1.807) is 0 Å². The maximum Gasteiger partial charge on any atom is 0.422 e. The van der Waals surface area contributed by atoms with E-state index in [1.807, 2.05) is 0 Å². The summed E-state index contributed by atoms with van der Waals surface area (Å²) in [4.78, 5) is 29.5. The average molecular weight is 325 g/mol. The molecule has 1 aromatic carbocycles. The Balaban J connectivity index is 1.97. The molecule has 0 aliphatic carbocycles. The summed E-state index contributed by atoms with van der Waals surface area (Å²) in [7, 11) is 0. The van der Waals surface area contributed by atoms with Crippen LogP contribution in [-0.2, 0) is 0 Å². The molecular weight excluding hydrogens is 315 g/mol. The van der Waals surface area contributed by atoms with Crippen LogP contribution in [0.25, 0.3) is 16.7 Å². The van der Waals surface area contributed by atoms with Crippen molar-refractivity contribution in [1.82, 2.24) is 14.5 Å². The van der Waals surface area contributed by atoms with Crippen LogP contribution in [0.1, 0.15) is 0 Å². The molecule has 0 amide bonds. The molecule has 0 spiro atoms. The molecule has 120 valence electrons. The number of halogens is 3. The van der Waals surface area contributed by atoms with Gasteiger partial charge in [0.15, 0.2) is 6.61 Å². The molecule has 3 aromatic rings. The topological polar surface area (TPSA) is 79.9 Å². The third kappa shape index (κ3) is 2.98. The number of nitrogens with one attached hydrogen (secondary N) is 2. The standard InChI is InChI=1S/C14H10F3N3O3/c15-14(16,17)7-23-9-3-1-8(2-4-9)20-12(21)10-5-6-18-11(10)19-13(20)22/h1-6,18H,7H2,(H,19,22). The van der Waals surface area contributed by atoms with Crippen LogP contribution in [-0.4, -0.2) is 27.3 Å². The van der Waals surface area contributed by atoms with Crippen molar-refractivity contribution in [3.63, 3.8) is 0 Å². The highest BCUT2D eigenvalue weighted by molar-refractivity contribution is 5.74. The van der Waals surface area contributed by atoms with Gasteiger partial charge < -0.3 is 9.72 Å². The molecule has 2 heterocycles. The van der Waals surface area contributed by atoms with E-state index in [1.165, 1.54) is 36.5 Å². The summed E-state index contributed by atoms with van der Waals surface area (Å²) >= 11 is 0. The number of fused-ring (bicyclic) bond motifs is 1. The van der Waals surface area contributed by atoms with Crippen molar-refractivity contribution in [2.24, 2.45) is 0 Å². The van der Waals surface area contributed by atoms with Gasteiger partial charge in [-0.05, 0) is 30.3 Å². The Morgan fingerprint density at radius 1 is 1.09 bits per heavy atom. The van der Waals surface area contributed by atoms with Gasteiger partial charge in [-0.2, -0.15) is 13.2 Å². The zero-order valence-corrected chi connectivity index (χ0v) is 11.5. The quantitative estimate of drug-likeness (QED) is 0.772. The number of alkyl halides is 3. The molecule has 0 bridgehead atoms. The third-order valence-electron chi connectivity index (χ3n) is 3.11. The maximum atomic E-state index is 12.3. The van der Waals surface area contributed by atoms with Crippen molar-refractivity contribution in [1.29, 1.82) is 0 Å². The van der Waals surface area contributed by atoms with E-state index >= 15 is 0 Å². The Labute approximate surface area is 126 Å². The molecule has 0 fully saturated rings. The smallest absolute Gasteiger partial charge is 0.422 e. The van der Waals surface area contributed by atoms with Crippen LogP contribution in [0, 0.1) is 0 Å². The van der Waals surface area contributed by atoms with Crippen molar-refractivity contribution in [3.8, 4) is 11.4 Å².